The number of ether oxygens (including phenoxy) is 2. The van der Waals surface area contributed by atoms with Crippen LogP contribution in [0.4, 0.5) is 11.5 Å². The van der Waals surface area contributed by atoms with Gasteiger partial charge in [0.2, 0.25) is 0 Å². The lowest BCUT2D eigenvalue weighted by molar-refractivity contribution is 0.395. The molecule has 0 saturated heterocycles. The molecule has 1 N–H and O–H groups in total. The molecule has 2 heterocycles. The number of fused-ring (bicyclic) bond motifs is 1. The minimum absolute atomic E-state index is 0.682. The molecular formula is C23H23N3O2S. The second-order valence-electron chi connectivity index (χ2n) is 6.81. The molecular weight excluding hydrogens is 382 g/mol. The Bertz CT molecular complexity index is 1160. The number of benzene rings is 2. The van der Waals surface area contributed by atoms with E-state index in [2.05, 4.69) is 31.3 Å². The molecule has 0 amide bonds. The van der Waals surface area contributed by atoms with E-state index in [0.29, 0.717) is 12.2 Å². The SMILES string of the molecule is COc1ccc(Nc2nc(Cc3ccccc3)nc3sc(C)c(C)c23)c(OC)c1. The fraction of sp³-hybridized carbons (Fsp3) is 0.217. The zero-order valence-corrected chi connectivity index (χ0v) is 17.8. The van der Waals surface area contributed by atoms with Gasteiger partial charge in [-0.1, -0.05) is 30.3 Å². The van der Waals surface area contributed by atoms with E-state index in [0.717, 1.165) is 33.3 Å². The van der Waals surface area contributed by atoms with Crippen molar-refractivity contribution in [3.63, 3.8) is 0 Å². The van der Waals surface area contributed by atoms with Crippen molar-refractivity contribution in [3.8, 4) is 11.5 Å². The number of methoxy groups -OCH3 is 2. The Hall–Kier alpha value is -3.12. The predicted molar refractivity (Wildman–Crippen MR) is 119 cm³/mol. The summed E-state index contributed by atoms with van der Waals surface area (Å²) < 4.78 is 10.9. The van der Waals surface area contributed by atoms with Gasteiger partial charge in [-0.2, -0.15) is 0 Å². The van der Waals surface area contributed by atoms with E-state index in [1.54, 1.807) is 25.6 Å². The summed E-state index contributed by atoms with van der Waals surface area (Å²) in [5.74, 6) is 3.03. The largest absolute Gasteiger partial charge is 0.497 e. The van der Waals surface area contributed by atoms with E-state index in [4.69, 9.17) is 19.4 Å². The number of nitrogens with zero attached hydrogens (tertiary/aromatic N) is 2. The van der Waals surface area contributed by atoms with Crippen LogP contribution < -0.4 is 14.8 Å². The monoisotopic (exact) mass is 405 g/mol. The third-order valence-electron chi connectivity index (χ3n) is 4.94. The Kier molecular flexibility index (Phi) is 5.36. The Balaban J connectivity index is 1.80. The van der Waals surface area contributed by atoms with Gasteiger partial charge in [-0.25, -0.2) is 9.97 Å². The second kappa shape index (κ2) is 8.09. The molecule has 0 saturated carbocycles. The minimum Gasteiger partial charge on any atom is -0.497 e. The van der Waals surface area contributed by atoms with Crippen molar-refractivity contribution in [1.82, 2.24) is 9.97 Å². The van der Waals surface area contributed by atoms with Crippen molar-refractivity contribution in [1.29, 1.82) is 0 Å². The highest BCUT2D eigenvalue weighted by atomic mass is 32.1. The quantitative estimate of drug-likeness (QED) is 0.449. The Morgan fingerprint density at radius 3 is 2.48 bits per heavy atom. The molecule has 4 rings (SSSR count). The zero-order chi connectivity index (χ0) is 20.4. The molecule has 0 aliphatic heterocycles. The van der Waals surface area contributed by atoms with Crippen LogP contribution in [0.25, 0.3) is 10.2 Å². The van der Waals surface area contributed by atoms with Crippen LogP contribution in [0.5, 0.6) is 11.5 Å². The van der Waals surface area contributed by atoms with Crippen molar-refractivity contribution in [3.05, 3.63) is 70.4 Å². The smallest absolute Gasteiger partial charge is 0.146 e. The Morgan fingerprint density at radius 1 is 0.966 bits per heavy atom. The number of hydrogen-bond donors (Lipinski definition) is 1. The molecule has 29 heavy (non-hydrogen) atoms. The van der Waals surface area contributed by atoms with Gasteiger partial charge in [0.15, 0.2) is 0 Å². The first kappa shape index (κ1) is 19.2. The first-order valence-electron chi connectivity index (χ1n) is 9.38. The van der Waals surface area contributed by atoms with Gasteiger partial charge >= 0.3 is 0 Å². The highest BCUT2D eigenvalue weighted by Gasteiger charge is 2.16. The number of thiophene rings is 1. The van der Waals surface area contributed by atoms with Gasteiger partial charge < -0.3 is 14.8 Å². The maximum Gasteiger partial charge on any atom is 0.146 e. The van der Waals surface area contributed by atoms with Crippen molar-refractivity contribution < 1.29 is 9.47 Å². The lowest BCUT2D eigenvalue weighted by atomic mass is 10.1. The number of nitrogens with one attached hydrogen (secondary N) is 1. The number of aryl methyl sites for hydroxylation is 2. The maximum absolute atomic E-state index is 5.55. The van der Waals surface area contributed by atoms with Crippen LogP contribution in [0.2, 0.25) is 0 Å². The average Bonchev–Trinajstić information content (AvgIpc) is 3.02. The number of hydrogen-bond acceptors (Lipinski definition) is 6. The van der Waals surface area contributed by atoms with E-state index in [1.165, 1.54) is 16.0 Å². The average molecular weight is 406 g/mol. The molecule has 0 aliphatic rings. The normalized spacial score (nSPS) is 10.9. The van der Waals surface area contributed by atoms with Crippen LogP contribution in [0.15, 0.2) is 48.5 Å². The predicted octanol–water partition coefficient (Wildman–Crippen LogP) is 5.66. The summed E-state index contributed by atoms with van der Waals surface area (Å²) in [5.41, 5.74) is 3.22. The molecule has 6 heteroatoms. The molecule has 148 valence electrons. The summed E-state index contributed by atoms with van der Waals surface area (Å²) in [6.07, 6.45) is 0.682. The van der Waals surface area contributed by atoms with Crippen molar-refractivity contribution in [2.24, 2.45) is 0 Å². The van der Waals surface area contributed by atoms with Gasteiger partial charge in [0.1, 0.15) is 28.0 Å². The van der Waals surface area contributed by atoms with Crippen LogP contribution in [-0.4, -0.2) is 24.2 Å². The third kappa shape index (κ3) is 3.89. The van der Waals surface area contributed by atoms with Crippen molar-refractivity contribution in [2.45, 2.75) is 20.3 Å². The first-order chi connectivity index (χ1) is 14.1. The van der Waals surface area contributed by atoms with Gasteiger partial charge in [0.25, 0.3) is 0 Å². The van der Waals surface area contributed by atoms with E-state index in [-0.39, 0.29) is 0 Å². The highest BCUT2D eigenvalue weighted by molar-refractivity contribution is 7.18. The summed E-state index contributed by atoms with van der Waals surface area (Å²) >= 11 is 1.70. The second-order valence-corrected chi connectivity index (χ2v) is 8.01. The topological polar surface area (TPSA) is 56.3 Å². The van der Waals surface area contributed by atoms with Gasteiger partial charge in [-0.05, 0) is 37.1 Å². The van der Waals surface area contributed by atoms with Crippen LogP contribution in [0.1, 0.15) is 21.8 Å². The molecule has 0 atom stereocenters. The van der Waals surface area contributed by atoms with Crippen molar-refractivity contribution in [2.75, 3.05) is 19.5 Å². The first-order valence-corrected chi connectivity index (χ1v) is 10.2. The standard InChI is InChI=1S/C23H23N3O2S/c1-14-15(2)29-23-21(14)22(24-18-11-10-17(27-3)13-19(18)28-4)25-20(26-23)12-16-8-6-5-7-9-16/h5-11,13H,12H2,1-4H3,(H,24,25,26). The van der Waals surface area contributed by atoms with Crippen LogP contribution in [-0.2, 0) is 6.42 Å². The van der Waals surface area contributed by atoms with E-state index in [1.807, 2.05) is 36.4 Å². The zero-order valence-electron chi connectivity index (χ0n) is 16.9. The maximum atomic E-state index is 5.55. The summed E-state index contributed by atoms with van der Waals surface area (Å²) in [7, 11) is 3.29. The molecule has 0 bridgehead atoms. The molecule has 5 nitrogen and oxygen atoms in total. The molecule has 0 spiro atoms. The molecule has 0 fully saturated rings. The lowest BCUT2D eigenvalue weighted by Crippen LogP contribution is -2.03. The van der Waals surface area contributed by atoms with E-state index in [9.17, 15) is 0 Å². The Labute approximate surface area is 174 Å². The number of rotatable bonds is 6. The van der Waals surface area contributed by atoms with Crippen LogP contribution in [0.3, 0.4) is 0 Å². The summed E-state index contributed by atoms with van der Waals surface area (Å²) in [6, 6.07) is 16.0. The summed E-state index contributed by atoms with van der Waals surface area (Å²) in [6.45, 7) is 4.24. The molecule has 2 aromatic carbocycles. The van der Waals surface area contributed by atoms with Gasteiger partial charge in [0.05, 0.1) is 25.3 Å². The molecule has 0 aliphatic carbocycles. The third-order valence-corrected chi connectivity index (χ3v) is 6.04. The molecule has 0 radical (unpaired) electrons. The van der Waals surface area contributed by atoms with E-state index >= 15 is 0 Å². The fourth-order valence-electron chi connectivity index (χ4n) is 3.27. The minimum atomic E-state index is 0.682. The molecule has 0 unspecified atom stereocenters. The summed E-state index contributed by atoms with van der Waals surface area (Å²) in [4.78, 5) is 12.0. The highest BCUT2D eigenvalue weighted by Crippen LogP contribution is 2.37. The van der Waals surface area contributed by atoms with Gasteiger partial charge in [0, 0.05) is 17.4 Å². The summed E-state index contributed by atoms with van der Waals surface area (Å²) in [5, 5.41) is 4.53. The van der Waals surface area contributed by atoms with Crippen LogP contribution in [0, 0.1) is 13.8 Å². The Morgan fingerprint density at radius 2 is 1.76 bits per heavy atom. The molecule has 4 aromatic rings. The van der Waals surface area contributed by atoms with Gasteiger partial charge in [-0.3, -0.25) is 0 Å². The fourth-order valence-corrected chi connectivity index (χ4v) is 4.32. The van der Waals surface area contributed by atoms with Crippen LogP contribution >= 0.6 is 11.3 Å². The van der Waals surface area contributed by atoms with Crippen molar-refractivity contribution >= 4 is 33.1 Å². The van der Waals surface area contributed by atoms with Gasteiger partial charge in [-0.15, -0.1) is 11.3 Å². The van der Waals surface area contributed by atoms with E-state index < -0.39 is 0 Å². The number of aromatic nitrogens is 2. The molecule has 2 aromatic heterocycles. The lowest BCUT2D eigenvalue weighted by Gasteiger charge is -2.14. The number of anilines is 2.